The predicted molar refractivity (Wildman–Crippen MR) is 75.8 cm³/mol. The summed E-state index contributed by atoms with van der Waals surface area (Å²) in [6, 6.07) is 2.36. The normalized spacial score (nSPS) is 12.5. The monoisotopic (exact) mass is 307 g/mol. The smallest absolute Gasteiger partial charge is 0.180 e. The molecule has 0 fully saturated rings. The van der Waals surface area contributed by atoms with Crippen LogP contribution in [0.2, 0.25) is 0 Å². The molecule has 3 N–H and O–H groups in total. The summed E-state index contributed by atoms with van der Waals surface area (Å²) in [5.41, 5.74) is 6.42. The number of nitrogens with one attached hydrogen (secondary N) is 1. The molecule has 0 saturated carbocycles. The lowest BCUT2D eigenvalue weighted by molar-refractivity contribution is 0.480. The maximum Gasteiger partial charge on any atom is 0.180 e. The SMILES string of the molecule is C[C@@H](Nc1ccn2ncc(N)c2n1)c1cc(F)cc(F)c1F. The van der Waals surface area contributed by atoms with E-state index in [-0.39, 0.29) is 5.56 Å². The van der Waals surface area contributed by atoms with Gasteiger partial charge in [0.1, 0.15) is 11.6 Å². The van der Waals surface area contributed by atoms with Crippen molar-refractivity contribution >= 4 is 17.2 Å². The molecule has 5 nitrogen and oxygen atoms in total. The molecule has 8 heteroatoms. The minimum Gasteiger partial charge on any atom is -0.394 e. The first-order chi connectivity index (χ1) is 10.5. The topological polar surface area (TPSA) is 68.2 Å². The number of hydrogen-bond donors (Lipinski definition) is 2. The molecular formula is C14H12F3N5. The zero-order valence-corrected chi connectivity index (χ0v) is 11.5. The number of nitrogens with two attached hydrogens (primary N) is 1. The highest BCUT2D eigenvalue weighted by Gasteiger charge is 2.17. The van der Waals surface area contributed by atoms with Gasteiger partial charge < -0.3 is 11.1 Å². The van der Waals surface area contributed by atoms with Crippen LogP contribution in [0.5, 0.6) is 0 Å². The first kappa shape index (κ1) is 14.2. The Labute approximate surface area is 123 Å². The van der Waals surface area contributed by atoms with Crippen LogP contribution in [0.1, 0.15) is 18.5 Å². The first-order valence-corrected chi connectivity index (χ1v) is 6.46. The molecule has 0 aliphatic carbocycles. The van der Waals surface area contributed by atoms with Gasteiger partial charge in [0.05, 0.1) is 17.9 Å². The van der Waals surface area contributed by atoms with Crippen molar-refractivity contribution in [2.24, 2.45) is 0 Å². The summed E-state index contributed by atoms with van der Waals surface area (Å²) in [7, 11) is 0. The summed E-state index contributed by atoms with van der Waals surface area (Å²) in [4.78, 5) is 4.23. The van der Waals surface area contributed by atoms with Crippen molar-refractivity contribution in [2.45, 2.75) is 13.0 Å². The lowest BCUT2D eigenvalue weighted by Crippen LogP contribution is -2.12. The van der Waals surface area contributed by atoms with Crippen molar-refractivity contribution in [3.63, 3.8) is 0 Å². The molecule has 0 unspecified atom stereocenters. The summed E-state index contributed by atoms with van der Waals surface area (Å²) < 4.78 is 41.8. The summed E-state index contributed by atoms with van der Waals surface area (Å²) in [5, 5.41) is 6.86. The molecule has 0 amide bonds. The molecule has 1 aromatic carbocycles. The zero-order valence-electron chi connectivity index (χ0n) is 11.5. The highest BCUT2D eigenvalue weighted by atomic mass is 19.2. The van der Waals surface area contributed by atoms with E-state index in [2.05, 4.69) is 15.4 Å². The minimum atomic E-state index is -1.23. The minimum absolute atomic E-state index is 0.124. The van der Waals surface area contributed by atoms with E-state index in [1.807, 2.05) is 0 Å². The molecule has 3 rings (SSSR count). The van der Waals surface area contributed by atoms with Crippen LogP contribution in [0.15, 0.2) is 30.6 Å². The average molecular weight is 307 g/mol. The number of nitrogens with zero attached hydrogens (tertiary/aromatic N) is 3. The van der Waals surface area contributed by atoms with Crippen molar-refractivity contribution in [3.05, 3.63) is 53.6 Å². The predicted octanol–water partition coefficient (Wildman–Crippen LogP) is 2.90. The Kier molecular flexibility index (Phi) is 3.36. The van der Waals surface area contributed by atoms with Crippen LogP contribution in [-0.2, 0) is 0 Å². The second kappa shape index (κ2) is 5.21. The van der Waals surface area contributed by atoms with Crippen LogP contribution in [0.3, 0.4) is 0 Å². The van der Waals surface area contributed by atoms with Gasteiger partial charge in [0, 0.05) is 17.8 Å². The molecule has 0 bridgehead atoms. The van der Waals surface area contributed by atoms with Gasteiger partial charge >= 0.3 is 0 Å². The molecule has 2 aromatic heterocycles. The highest BCUT2D eigenvalue weighted by Crippen LogP contribution is 2.24. The standard InChI is InChI=1S/C14H12F3N5/c1-7(9-4-8(15)5-10(16)13(9)17)20-12-2-3-22-14(21-12)11(18)6-19-22/h2-7H,18H2,1H3,(H,20,21)/t7-/m1/s1. The van der Waals surface area contributed by atoms with E-state index < -0.39 is 23.5 Å². The van der Waals surface area contributed by atoms with E-state index in [0.29, 0.717) is 23.2 Å². The van der Waals surface area contributed by atoms with Crippen LogP contribution in [0.4, 0.5) is 24.7 Å². The van der Waals surface area contributed by atoms with Crippen molar-refractivity contribution in [1.82, 2.24) is 14.6 Å². The maximum atomic E-state index is 13.8. The lowest BCUT2D eigenvalue weighted by Gasteiger charge is -2.16. The summed E-state index contributed by atoms with van der Waals surface area (Å²) in [6.45, 7) is 1.57. The second-order valence-electron chi connectivity index (χ2n) is 4.84. The molecule has 0 spiro atoms. The Morgan fingerprint density at radius 3 is 2.82 bits per heavy atom. The molecule has 22 heavy (non-hydrogen) atoms. The number of fused-ring (bicyclic) bond motifs is 1. The Bertz CT molecular complexity index is 846. The average Bonchev–Trinajstić information content (AvgIpc) is 2.84. The molecule has 0 radical (unpaired) electrons. The van der Waals surface area contributed by atoms with E-state index >= 15 is 0 Å². The van der Waals surface area contributed by atoms with Crippen LogP contribution >= 0.6 is 0 Å². The summed E-state index contributed by atoms with van der Waals surface area (Å²) in [5.74, 6) is -2.78. The van der Waals surface area contributed by atoms with E-state index in [0.717, 1.165) is 6.07 Å². The molecule has 1 atom stereocenters. The third kappa shape index (κ3) is 2.43. The fraction of sp³-hybridized carbons (Fsp3) is 0.143. The van der Waals surface area contributed by atoms with Gasteiger partial charge in [-0.3, -0.25) is 0 Å². The van der Waals surface area contributed by atoms with E-state index in [1.165, 1.54) is 10.7 Å². The van der Waals surface area contributed by atoms with Crippen LogP contribution < -0.4 is 11.1 Å². The molecule has 114 valence electrons. The zero-order chi connectivity index (χ0) is 15.9. The summed E-state index contributed by atoms with van der Waals surface area (Å²) in [6.07, 6.45) is 3.08. The van der Waals surface area contributed by atoms with Crippen molar-refractivity contribution in [3.8, 4) is 0 Å². The fourth-order valence-electron chi connectivity index (χ4n) is 2.16. The largest absolute Gasteiger partial charge is 0.394 e. The van der Waals surface area contributed by atoms with Crippen molar-refractivity contribution < 1.29 is 13.2 Å². The van der Waals surface area contributed by atoms with Crippen LogP contribution in [-0.4, -0.2) is 14.6 Å². The fourth-order valence-corrected chi connectivity index (χ4v) is 2.16. The maximum absolute atomic E-state index is 13.8. The number of rotatable bonds is 3. The number of benzene rings is 1. The second-order valence-corrected chi connectivity index (χ2v) is 4.84. The van der Waals surface area contributed by atoms with E-state index in [9.17, 15) is 13.2 Å². The molecule has 0 saturated heterocycles. The van der Waals surface area contributed by atoms with Gasteiger partial charge in [0.2, 0.25) is 0 Å². The van der Waals surface area contributed by atoms with Gasteiger partial charge in [-0.2, -0.15) is 5.10 Å². The van der Waals surface area contributed by atoms with Gasteiger partial charge in [-0.05, 0) is 19.1 Å². The molecule has 0 aliphatic rings. The Morgan fingerprint density at radius 2 is 2.05 bits per heavy atom. The van der Waals surface area contributed by atoms with Gasteiger partial charge in [0.25, 0.3) is 0 Å². The Balaban J connectivity index is 1.92. The van der Waals surface area contributed by atoms with Gasteiger partial charge in [-0.25, -0.2) is 22.7 Å². The highest BCUT2D eigenvalue weighted by molar-refractivity contribution is 5.65. The van der Waals surface area contributed by atoms with E-state index in [4.69, 9.17) is 5.73 Å². The number of halogens is 3. The third-order valence-electron chi connectivity index (χ3n) is 3.25. The summed E-state index contributed by atoms with van der Waals surface area (Å²) >= 11 is 0. The number of nitrogen functional groups attached to an aromatic ring is 1. The molecule has 0 aliphatic heterocycles. The third-order valence-corrected chi connectivity index (χ3v) is 3.25. The number of anilines is 2. The van der Waals surface area contributed by atoms with Crippen molar-refractivity contribution in [1.29, 1.82) is 0 Å². The van der Waals surface area contributed by atoms with Crippen LogP contribution in [0, 0.1) is 17.5 Å². The lowest BCUT2D eigenvalue weighted by atomic mass is 10.1. The van der Waals surface area contributed by atoms with E-state index in [1.54, 1.807) is 19.2 Å². The van der Waals surface area contributed by atoms with Crippen molar-refractivity contribution in [2.75, 3.05) is 11.1 Å². The molecule has 2 heterocycles. The number of hydrogen-bond acceptors (Lipinski definition) is 4. The first-order valence-electron chi connectivity index (χ1n) is 6.46. The van der Waals surface area contributed by atoms with Crippen LogP contribution in [0.25, 0.3) is 5.65 Å². The molecular weight excluding hydrogens is 295 g/mol. The quantitative estimate of drug-likeness (QED) is 0.730. The molecule has 3 aromatic rings. The van der Waals surface area contributed by atoms with Gasteiger partial charge in [-0.15, -0.1) is 0 Å². The Morgan fingerprint density at radius 1 is 1.27 bits per heavy atom. The van der Waals surface area contributed by atoms with Gasteiger partial charge in [0.15, 0.2) is 17.3 Å². The number of aromatic nitrogens is 3. The van der Waals surface area contributed by atoms with Gasteiger partial charge in [-0.1, -0.05) is 0 Å². The Hall–Kier alpha value is -2.77.